The van der Waals surface area contributed by atoms with Crippen molar-refractivity contribution >= 4 is 16.7 Å². The SMILES string of the molecule is [CH2]Cc1cc2cc(C(=O)OC)oc(=O)c2c(O)c1O. The van der Waals surface area contributed by atoms with Crippen LogP contribution in [0, 0.1) is 6.92 Å². The number of phenols is 2. The lowest BCUT2D eigenvalue weighted by Crippen LogP contribution is -2.08. The zero-order chi connectivity index (χ0) is 14.2. The van der Waals surface area contributed by atoms with E-state index in [1.807, 2.05) is 0 Å². The fourth-order valence-corrected chi connectivity index (χ4v) is 1.78. The van der Waals surface area contributed by atoms with Crippen molar-refractivity contribution in [3.63, 3.8) is 0 Å². The molecule has 0 bridgehead atoms. The predicted molar refractivity (Wildman–Crippen MR) is 66.2 cm³/mol. The Morgan fingerprint density at radius 2 is 2.05 bits per heavy atom. The minimum Gasteiger partial charge on any atom is -0.504 e. The average molecular weight is 263 g/mol. The molecule has 2 N–H and O–H groups in total. The second kappa shape index (κ2) is 4.64. The van der Waals surface area contributed by atoms with E-state index in [2.05, 4.69) is 11.7 Å². The van der Waals surface area contributed by atoms with Crippen molar-refractivity contribution in [1.29, 1.82) is 0 Å². The molecule has 0 fully saturated rings. The number of hydrogen-bond acceptors (Lipinski definition) is 6. The molecule has 0 saturated heterocycles. The molecule has 1 radical (unpaired) electrons. The van der Waals surface area contributed by atoms with Crippen LogP contribution in [0.25, 0.3) is 10.8 Å². The lowest BCUT2D eigenvalue weighted by molar-refractivity contribution is 0.0560. The molecule has 6 heteroatoms. The molecule has 0 unspecified atom stereocenters. The summed E-state index contributed by atoms with van der Waals surface area (Å²) in [6.07, 6.45) is 0.211. The number of fused-ring (bicyclic) bond motifs is 1. The molecule has 0 aliphatic carbocycles. The summed E-state index contributed by atoms with van der Waals surface area (Å²) in [6, 6.07) is 2.72. The van der Waals surface area contributed by atoms with Gasteiger partial charge in [0.25, 0.3) is 0 Å². The van der Waals surface area contributed by atoms with Gasteiger partial charge in [0.1, 0.15) is 5.39 Å². The van der Waals surface area contributed by atoms with E-state index in [0.29, 0.717) is 5.56 Å². The summed E-state index contributed by atoms with van der Waals surface area (Å²) in [6.45, 7) is 3.60. The highest BCUT2D eigenvalue weighted by Gasteiger charge is 2.18. The van der Waals surface area contributed by atoms with Crippen LogP contribution >= 0.6 is 0 Å². The third kappa shape index (κ3) is 2.01. The van der Waals surface area contributed by atoms with E-state index in [1.165, 1.54) is 12.1 Å². The summed E-state index contributed by atoms with van der Waals surface area (Å²) in [7, 11) is 1.15. The number of phenolic OH excluding ortho intramolecular Hbond substituents is 2. The first kappa shape index (κ1) is 12.9. The monoisotopic (exact) mass is 263 g/mol. The summed E-state index contributed by atoms with van der Waals surface area (Å²) in [5, 5.41) is 19.5. The molecular weight excluding hydrogens is 252 g/mol. The van der Waals surface area contributed by atoms with Gasteiger partial charge >= 0.3 is 11.6 Å². The average Bonchev–Trinajstić information content (AvgIpc) is 2.41. The Hall–Kier alpha value is -2.50. The van der Waals surface area contributed by atoms with Gasteiger partial charge in [-0.3, -0.25) is 0 Å². The van der Waals surface area contributed by atoms with Crippen molar-refractivity contribution in [3.05, 3.63) is 40.8 Å². The normalized spacial score (nSPS) is 10.6. The molecule has 0 saturated carbocycles. The van der Waals surface area contributed by atoms with Crippen molar-refractivity contribution in [2.24, 2.45) is 0 Å². The predicted octanol–water partition coefficient (Wildman–Crippen LogP) is 1.37. The number of rotatable bonds is 2. The second-order valence-corrected chi connectivity index (χ2v) is 3.84. The minimum atomic E-state index is -0.929. The van der Waals surface area contributed by atoms with Crippen molar-refractivity contribution in [2.45, 2.75) is 6.42 Å². The molecule has 19 heavy (non-hydrogen) atoms. The summed E-state index contributed by atoms with van der Waals surface area (Å²) in [5.41, 5.74) is -0.576. The van der Waals surface area contributed by atoms with Crippen molar-refractivity contribution in [2.75, 3.05) is 7.11 Å². The van der Waals surface area contributed by atoms with Gasteiger partial charge in [0.15, 0.2) is 11.5 Å². The molecule has 0 amide bonds. The van der Waals surface area contributed by atoms with Crippen LogP contribution in [0.15, 0.2) is 21.3 Å². The van der Waals surface area contributed by atoms with Crippen LogP contribution in [0.1, 0.15) is 16.1 Å². The molecule has 99 valence electrons. The zero-order valence-corrected chi connectivity index (χ0v) is 10.1. The maximum atomic E-state index is 11.7. The maximum absolute atomic E-state index is 11.7. The van der Waals surface area contributed by atoms with E-state index < -0.39 is 23.1 Å². The smallest absolute Gasteiger partial charge is 0.374 e. The number of carbonyl (C=O) groups excluding carboxylic acids is 1. The van der Waals surface area contributed by atoms with Crippen LogP contribution in [0.2, 0.25) is 0 Å². The van der Waals surface area contributed by atoms with Crippen molar-refractivity contribution < 1.29 is 24.2 Å². The minimum absolute atomic E-state index is 0.192. The van der Waals surface area contributed by atoms with Gasteiger partial charge in [-0.2, -0.15) is 0 Å². The van der Waals surface area contributed by atoms with Gasteiger partial charge in [0, 0.05) is 0 Å². The summed E-state index contributed by atoms with van der Waals surface area (Å²) < 4.78 is 9.19. The summed E-state index contributed by atoms with van der Waals surface area (Å²) in [5.74, 6) is -2.08. The highest BCUT2D eigenvalue weighted by molar-refractivity contribution is 5.95. The summed E-state index contributed by atoms with van der Waals surface area (Å²) >= 11 is 0. The number of ether oxygens (including phenoxy) is 1. The van der Waals surface area contributed by atoms with Crippen molar-refractivity contribution in [3.8, 4) is 11.5 Å². The Balaban J connectivity index is 2.85. The van der Waals surface area contributed by atoms with Gasteiger partial charge in [-0.15, -0.1) is 0 Å². The van der Waals surface area contributed by atoms with E-state index in [1.54, 1.807) is 0 Å². The number of carbonyl (C=O) groups is 1. The number of aromatic hydroxyl groups is 2. The van der Waals surface area contributed by atoms with E-state index >= 15 is 0 Å². The Morgan fingerprint density at radius 3 is 2.63 bits per heavy atom. The summed E-state index contributed by atoms with van der Waals surface area (Å²) in [4.78, 5) is 23.1. The molecule has 0 aliphatic heterocycles. The maximum Gasteiger partial charge on any atom is 0.374 e. The topological polar surface area (TPSA) is 97.0 Å². The van der Waals surface area contributed by atoms with Gasteiger partial charge < -0.3 is 19.4 Å². The lowest BCUT2D eigenvalue weighted by atomic mass is 10.0. The van der Waals surface area contributed by atoms with E-state index in [9.17, 15) is 19.8 Å². The molecule has 6 nitrogen and oxygen atoms in total. The Kier molecular flexibility index (Phi) is 3.16. The largest absolute Gasteiger partial charge is 0.504 e. The molecule has 0 aliphatic rings. The van der Waals surface area contributed by atoms with Gasteiger partial charge in [-0.05, 0) is 36.4 Å². The Labute approximate surface area is 107 Å². The molecule has 1 aromatic carbocycles. The van der Waals surface area contributed by atoms with Crippen LogP contribution in [0.4, 0.5) is 0 Å². The number of hydrogen-bond donors (Lipinski definition) is 2. The first-order valence-electron chi connectivity index (χ1n) is 5.38. The van der Waals surface area contributed by atoms with Crippen LogP contribution in [-0.2, 0) is 11.2 Å². The zero-order valence-electron chi connectivity index (χ0n) is 10.1. The number of methoxy groups -OCH3 is 1. The standard InChI is InChI=1S/C13H11O6/c1-3-6-4-7-5-8(12(16)18-2)19-13(17)9(7)11(15)10(6)14/h4-5,14-15H,1,3H2,2H3. The fraction of sp³-hybridized carbons (Fsp3) is 0.154. The van der Waals surface area contributed by atoms with Crippen LogP contribution in [0.3, 0.4) is 0 Å². The van der Waals surface area contributed by atoms with Gasteiger partial charge in [0.05, 0.1) is 7.11 Å². The van der Waals surface area contributed by atoms with Crippen LogP contribution in [-0.4, -0.2) is 23.3 Å². The molecule has 0 atom stereocenters. The Bertz CT molecular complexity index is 713. The van der Waals surface area contributed by atoms with E-state index in [4.69, 9.17) is 4.42 Å². The molecule has 0 spiro atoms. The molecular formula is C13H11O6. The second-order valence-electron chi connectivity index (χ2n) is 3.84. The number of esters is 1. The first-order chi connectivity index (χ1) is 8.99. The third-order valence-electron chi connectivity index (χ3n) is 2.73. The first-order valence-corrected chi connectivity index (χ1v) is 5.38. The molecule has 1 heterocycles. The van der Waals surface area contributed by atoms with E-state index in [0.717, 1.165) is 7.11 Å². The fourth-order valence-electron chi connectivity index (χ4n) is 1.78. The molecule has 2 aromatic rings. The molecule has 1 aromatic heterocycles. The molecule has 2 rings (SSSR count). The van der Waals surface area contributed by atoms with E-state index in [-0.39, 0.29) is 23.0 Å². The Morgan fingerprint density at radius 1 is 1.37 bits per heavy atom. The van der Waals surface area contributed by atoms with Crippen LogP contribution < -0.4 is 5.63 Å². The van der Waals surface area contributed by atoms with Crippen LogP contribution in [0.5, 0.6) is 11.5 Å². The van der Waals surface area contributed by atoms with Gasteiger partial charge in [0.2, 0.25) is 5.76 Å². The third-order valence-corrected chi connectivity index (χ3v) is 2.73. The lowest BCUT2D eigenvalue weighted by Gasteiger charge is -2.08. The highest BCUT2D eigenvalue weighted by atomic mass is 16.5. The number of benzene rings is 1. The highest BCUT2D eigenvalue weighted by Crippen LogP contribution is 2.35. The quantitative estimate of drug-likeness (QED) is 0.627. The van der Waals surface area contributed by atoms with Gasteiger partial charge in [-0.1, -0.05) is 0 Å². The van der Waals surface area contributed by atoms with Gasteiger partial charge in [-0.25, -0.2) is 9.59 Å². The van der Waals surface area contributed by atoms with Crippen molar-refractivity contribution in [1.82, 2.24) is 0 Å².